The van der Waals surface area contributed by atoms with Crippen molar-refractivity contribution in [2.24, 2.45) is 0 Å². The lowest BCUT2D eigenvalue weighted by Crippen LogP contribution is -2.23. The van der Waals surface area contributed by atoms with Crippen LogP contribution in [-0.2, 0) is 4.79 Å². The fourth-order valence-electron chi connectivity index (χ4n) is 1.28. The van der Waals surface area contributed by atoms with Crippen LogP contribution >= 0.6 is 23.4 Å². The largest absolute Gasteiger partial charge is 0.284 e. The maximum atomic E-state index is 11.1. The molecule has 1 aliphatic rings. The Balaban J connectivity index is 2.23. The highest BCUT2D eigenvalue weighted by atomic mass is 35.5. The molecule has 3 nitrogen and oxygen atoms in total. The zero-order chi connectivity index (χ0) is 10.1. The van der Waals surface area contributed by atoms with E-state index in [2.05, 4.69) is 0 Å². The minimum atomic E-state index is -0.292. The first kappa shape index (κ1) is 9.83. The number of nitrogens with zero attached hydrogens (tertiary/aromatic N) is 1. The molecule has 0 saturated carbocycles. The van der Waals surface area contributed by atoms with Gasteiger partial charge in [0.05, 0.1) is 5.75 Å². The van der Waals surface area contributed by atoms with Gasteiger partial charge in [0.1, 0.15) is 5.37 Å². The molecule has 5 heteroatoms. The number of hydroxylamine groups is 2. The predicted molar refractivity (Wildman–Crippen MR) is 55.3 cm³/mol. The molecule has 1 aromatic carbocycles. The van der Waals surface area contributed by atoms with Crippen LogP contribution in [0.3, 0.4) is 0 Å². The van der Waals surface area contributed by atoms with Crippen LogP contribution in [0.4, 0.5) is 0 Å². The molecule has 1 saturated heterocycles. The Kier molecular flexibility index (Phi) is 2.67. The first-order valence-electron chi connectivity index (χ1n) is 4.06. The predicted octanol–water partition coefficient (Wildman–Crippen LogP) is 2.30. The molecule has 0 unspecified atom stereocenters. The molecule has 1 amide bonds. The van der Waals surface area contributed by atoms with Crippen molar-refractivity contribution in [1.29, 1.82) is 0 Å². The second-order valence-electron chi connectivity index (χ2n) is 2.95. The number of halogens is 1. The molecule has 0 aliphatic carbocycles. The molecule has 0 aromatic heterocycles. The number of hydrogen-bond acceptors (Lipinski definition) is 3. The van der Waals surface area contributed by atoms with Gasteiger partial charge in [-0.3, -0.25) is 10.0 Å². The van der Waals surface area contributed by atoms with E-state index in [1.54, 1.807) is 12.1 Å². The van der Waals surface area contributed by atoms with E-state index in [1.807, 2.05) is 12.1 Å². The number of amides is 1. The molecule has 14 heavy (non-hydrogen) atoms. The summed E-state index contributed by atoms with van der Waals surface area (Å²) in [4.78, 5) is 11.1. The van der Waals surface area contributed by atoms with Crippen molar-refractivity contribution in [3.63, 3.8) is 0 Å². The number of hydrogen-bond donors (Lipinski definition) is 1. The highest BCUT2D eigenvalue weighted by Crippen LogP contribution is 2.37. The van der Waals surface area contributed by atoms with Gasteiger partial charge in [0.25, 0.3) is 5.91 Å². The molecular formula is C9H8ClNO2S. The summed E-state index contributed by atoms with van der Waals surface area (Å²) in [7, 11) is 0. The minimum absolute atomic E-state index is 0.255. The molecule has 1 heterocycles. The molecule has 1 atom stereocenters. The number of carbonyl (C=O) groups excluding carboxylic acids is 1. The lowest BCUT2D eigenvalue weighted by Gasteiger charge is -2.16. The Morgan fingerprint density at radius 3 is 2.57 bits per heavy atom. The number of carbonyl (C=O) groups is 1. The van der Waals surface area contributed by atoms with Crippen LogP contribution in [0.2, 0.25) is 5.02 Å². The van der Waals surface area contributed by atoms with Crippen molar-refractivity contribution < 1.29 is 10.0 Å². The zero-order valence-corrected chi connectivity index (χ0v) is 8.76. The quantitative estimate of drug-likeness (QED) is 0.752. The summed E-state index contributed by atoms with van der Waals surface area (Å²) in [5.74, 6) is 0.0685. The fraction of sp³-hybridized carbons (Fsp3) is 0.222. The molecule has 0 spiro atoms. The maximum Gasteiger partial charge on any atom is 0.257 e. The van der Waals surface area contributed by atoms with Crippen LogP contribution in [0.5, 0.6) is 0 Å². The second kappa shape index (κ2) is 3.81. The fourth-order valence-corrected chi connectivity index (χ4v) is 2.45. The summed E-state index contributed by atoms with van der Waals surface area (Å²) in [6, 6.07) is 7.10. The van der Waals surface area contributed by atoms with Gasteiger partial charge in [0.2, 0.25) is 0 Å². The van der Waals surface area contributed by atoms with Gasteiger partial charge in [-0.25, -0.2) is 5.06 Å². The van der Waals surface area contributed by atoms with Gasteiger partial charge in [-0.15, -0.1) is 11.8 Å². The summed E-state index contributed by atoms with van der Waals surface area (Å²) in [5.41, 5.74) is 0.882. The summed E-state index contributed by atoms with van der Waals surface area (Å²) in [5, 5.41) is 10.5. The van der Waals surface area contributed by atoms with Crippen molar-refractivity contribution in [2.75, 3.05) is 5.75 Å². The van der Waals surface area contributed by atoms with Gasteiger partial charge >= 0.3 is 0 Å². The number of rotatable bonds is 1. The Hall–Kier alpha value is -0.710. The molecule has 1 aromatic rings. The van der Waals surface area contributed by atoms with Crippen LogP contribution in [-0.4, -0.2) is 21.9 Å². The summed E-state index contributed by atoms with van der Waals surface area (Å²) in [6.07, 6.45) is 0. The Bertz CT molecular complexity index is 354. The Labute approximate surface area is 90.6 Å². The van der Waals surface area contributed by atoms with Crippen molar-refractivity contribution in [1.82, 2.24) is 5.06 Å². The van der Waals surface area contributed by atoms with E-state index >= 15 is 0 Å². The number of thioether (sulfide) groups is 1. The molecular weight excluding hydrogens is 222 g/mol. The third-order valence-electron chi connectivity index (χ3n) is 2.00. The van der Waals surface area contributed by atoms with Gasteiger partial charge in [-0.2, -0.15) is 0 Å². The summed E-state index contributed by atoms with van der Waals surface area (Å²) >= 11 is 7.13. The highest BCUT2D eigenvalue weighted by Gasteiger charge is 2.31. The molecule has 74 valence electrons. The van der Waals surface area contributed by atoms with Crippen LogP contribution in [0.25, 0.3) is 0 Å². The van der Waals surface area contributed by atoms with Crippen molar-refractivity contribution in [3.8, 4) is 0 Å². The molecule has 0 bridgehead atoms. The van der Waals surface area contributed by atoms with E-state index in [0.29, 0.717) is 10.8 Å². The van der Waals surface area contributed by atoms with Gasteiger partial charge in [-0.1, -0.05) is 23.7 Å². The van der Waals surface area contributed by atoms with Gasteiger partial charge < -0.3 is 0 Å². The zero-order valence-electron chi connectivity index (χ0n) is 7.18. The first-order chi connectivity index (χ1) is 6.68. The number of benzene rings is 1. The van der Waals surface area contributed by atoms with Crippen molar-refractivity contribution in [3.05, 3.63) is 34.9 Å². The normalized spacial score (nSPS) is 21.7. The lowest BCUT2D eigenvalue weighted by molar-refractivity contribution is -0.162. The van der Waals surface area contributed by atoms with Gasteiger partial charge in [0, 0.05) is 5.02 Å². The van der Waals surface area contributed by atoms with Crippen LogP contribution < -0.4 is 0 Å². The average molecular weight is 230 g/mol. The van der Waals surface area contributed by atoms with E-state index in [0.717, 1.165) is 10.6 Å². The van der Waals surface area contributed by atoms with Crippen LogP contribution in [0, 0.1) is 0 Å². The Morgan fingerprint density at radius 1 is 1.43 bits per heavy atom. The van der Waals surface area contributed by atoms with E-state index in [1.165, 1.54) is 11.8 Å². The van der Waals surface area contributed by atoms with Gasteiger partial charge in [-0.05, 0) is 17.7 Å². The minimum Gasteiger partial charge on any atom is -0.284 e. The van der Waals surface area contributed by atoms with Crippen molar-refractivity contribution in [2.45, 2.75) is 5.37 Å². The van der Waals surface area contributed by atoms with E-state index in [4.69, 9.17) is 11.6 Å². The third-order valence-corrected chi connectivity index (χ3v) is 3.45. The molecule has 1 N–H and O–H groups in total. The van der Waals surface area contributed by atoms with E-state index in [9.17, 15) is 10.0 Å². The standard InChI is InChI=1S/C9H8ClNO2S/c10-7-3-1-6(2-4-7)9-11(13)8(12)5-14-9/h1-4,9,13H,5H2/t9-/m0/s1. The second-order valence-corrected chi connectivity index (χ2v) is 4.46. The Morgan fingerprint density at radius 2 is 2.07 bits per heavy atom. The van der Waals surface area contributed by atoms with Gasteiger partial charge in [0.15, 0.2) is 0 Å². The monoisotopic (exact) mass is 229 g/mol. The highest BCUT2D eigenvalue weighted by molar-refractivity contribution is 8.00. The third kappa shape index (κ3) is 1.73. The summed E-state index contributed by atoms with van der Waals surface area (Å²) in [6.45, 7) is 0. The molecule has 1 aliphatic heterocycles. The van der Waals surface area contributed by atoms with E-state index in [-0.39, 0.29) is 11.3 Å². The van der Waals surface area contributed by atoms with E-state index < -0.39 is 0 Å². The topological polar surface area (TPSA) is 40.5 Å². The van der Waals surface area contributed by atoms with Crippen LogP contribution in [0.15, 0.2) is 24.3 Å². The smallest absolute Gasteiger partial charge is 0.257 e. The van der Waals surface area contributed by atoms with Crippen LogP contribution in [0.1, 0.15) is 10.9 Å². The maximum absolute atomic E-state index is 11.1. The average Bonchev–Trinajstić information content (AvgIpc) is 2.50. The van der Waals surface area contributed by atoms with Crippen molar-refractivity contribution >= 4 is 29.3 Å². The lowest BCUT2D eigenvalue weighted by atomic mass is 10.2. The summed E-state index contributed by atoms with van der Waals surface area (Å²) < 4.78 is 0. The molecule has 0 radical (unpaired) electrons. The first-order valence-corrected chi connectivity index (χ1v) is 5.49. The molecule has 1 fully saturated rings. The molecule has 2 rings (SSSR count). The SMILES string of the molecule is O=C1CS[C@@H](c2ccc(Cl)cc2)N1O.